The van der Waals surface area contributed by atoms with Gasteiger partial charge in [0.25, 0.3) is 0 Å². The first-order valence-electron chi connectivity index (χ1n) is 11.0. The lowest BCUT2D eigenvalue weighted by atomic mass is 9.60. The van der Waals surface area contributed by atoms with Crippen molar-refractivity contribution in [1.29, 1.82) is 0 Å². The molecule has 2 spiro atoms. The van der Waals surface area contributed by atoms with E-state index in [-0.39, 0.29) is 22.6 Å². The van der Waals surface area contributed by atoms with E-state index in [0.717, 1.165) is 70.6 Å². The Bertz CT molecular complexity index is 895. The van der Waals surface area contributed by atoms with Gasteiger partial charge in [0.1, 0.15) is 5.82 Å². The fourth-order valence-corrected chi connectivity index (χ4v) is 6.00. The molecule has 5 rings (SSSR count). The predicted molar refractivity (Wildman–Crippen MR) is 113 cm³/mol. The van der Waals surface area contributed by atoms with E-state index in [1.165, 1.54) is 17.7 Å². The molecule has 0 unspecified atom stereocenters. The van der Waals surface area contributed by atoms with Crippen molar-refractivity contribution in [3.05, 3.63) is 65.7 Å². The van der Waals surface area contributed by atoms with Crippen molar-refractivity contribution in [2.75, 3.05) is 32.7 Å². The summed E-state index contributed by atoms with van der Waals surface area (Å²) in [5, 5.41) is 3.14. The standard InChI is InChI=1S/C24H29FN4O/c25-21-5-3-19(4-6-21)15-28-12-8-23(9-13-28)17-29(16-20-2-1-10-26-14-20)18-24(23)7-11-27-22(24)30/h1-6,10,14H,7-9,11-13,15-18H2,(H,27,30)/t24-/m1/s1. The zero-order chi connectivity index (χ0) is 20.6. The van der Waals surface area contributed by atoms with Crippen LogP contribution >= 0.6 is 0 Å². The third kappa shape index (κ3) is 3.42. The molecule has 1 N–H and O–H groups in total. The van der Waals surface area contributed by atoms with E-state index >= 15 is 0 Å². The Labute approximate surface area is 177 Å². The summed E-state index contributed by atoms with van der Waals surface area (Å²) in [5.41, 5.74) is 2.12. The number of carbonyl (C=O) groups excluding carboxylic acids is 1. The molecule has 3 aliphatic heterocycles. The lowest BCUT2D eigenvalue weighted by Crippen LogP contribution is -2.52. The fraction of sp³-hybridized carbons (Fsp3) is 0.500. The van der Waals surface area contributed by atoms with Crippen LogP contribution in [-0.4, -0.2) is 53.4 Å². The highest BCUT2D eigenvalue weighted by Gasteiger charge is 2.63. The molecule has 0 radical (unpaired) electrons. The van der Waals surface area contributed by atoms with Crippen LogP contribution < -0.4 is 5.32 Å². The number of nitrogens with zero attached hydrogens (tertiary/aromatic N) is 3. The van der Waals surface area contributed by atoms with Crippen LogP contribution in [0.25, 0.3) is 0 Å². The normalized spacial score (nSPS) is 26.5. The number of fused-ring (bicyclic) bond motifs is 1. The van der Waals surface area contributed by atoms with Crippen LogP contribution in [0.4, 0.5) is 4.39 Å². The molecule has 0 aliphatic carbocycles. The van der Waals surface area contributed by atoms with E-state index in [0.29, 0.717) is 0 Å². The van der Waals surface area contributed by atoms with Crippen molar-refractivity contribution in [3.63, 3.8) is 0 Å². The quantitative estimate of drug-likeness (QED) is 0.845. The fourth-order valence-electron chi connectivity index (χ4n) is 6.00. The Kier molecular flexibility index (Phi) is 5.07. The van der Waals surface area contributed by atoms with Crippen LogP contribution in [0.2, 0.25) is 0 Å². The maximum atomic E-state index is 13.2. The van der Waals surface area contributed by atoms with E-state index in [9.17, 15) is 9.18 Å². The maximum Gasteiger partial charge on any atom is 0.228 e. The first-order valence-corrected chi connectivity index (χ1v) is 11.0. The largest absolute Gasteiger partial charge is 0.356 e. The number of aromatic nitrogens is 1. The van der Waals surface area contributed by atoms with Crippen molar-refractivity contribution in [1.82, 2.24) is 20.1 Å². The molecule has 1 aromatic heterocycles. The molecule has 1 aromatic carbocycles. The minimum atomic E-state index is -0.267. The molecule has 4 heterocycles. The van der Waals surface area contributed by atoms with Crippen LogP contribution in [0.15, 0.2) is 48.8 Å². The van der Waals surface area contributed by atoms with Crippen molar-refractivity contribution in [2.24, 2.45) is 10.8 Å². The molecule has 1 atom stereocenters. The minimum absolute atomic E-state index is 0.0368. The molecule has 6 heteroatoms. The monoisotopic (exact) mass is 408 g/mol. The molecule has 3 aliphatic rings. The highest BCUT2D eigenvalue weighted by atomic mass is 19.1. The number of amides is 1. The third-order valence-corrected chi connectivity index (χ3v) is 7.57. The number of halogens is 1. The van der Waals surface area contributed by atoms with Gasteiger partial charge in [-0.1, -0.05) is 18.2 Å². The summed E-state index contributed by atoms with van der Waals surface area (Å²) >= 11 is 0. The first kappa shape index (κ1) is 19.6. The Morgan fingerprint density at radius 1 is 0.967 bits per heavy atom. The van der Waals surface area contributed by atoms with E-state index in [2.05, 4.69) is 26.2 Å². The molecule has 2 aromatic rings. The summed E-state index contributed by atoms with van der Waals surface area (Å²) in [6.45, 7) is 6.26. The second-order valence-corrected chi connectivity index (χ2v) is 9.28. The number of piperidine rings is 1. The second-order valence-electron chi connectivity index (χ2n) is 9.28. The average molecular weight is 409 g/mol. The van der Waals surface area contributed by atoms with E-state index < -0.39 is 0 Å². The summed E-state index contributed by atoms with van der Waals surface area (Å²) in [7, 11) is 0. The van der Waals surface area contributed by atoms with Gasteiger partial charge in [-0.2, -0.15) is 0 Å². The number of nitrogens with one attached hydrogen (secondary N) is 1. The number of hydrogen-bond acceptors (Lipinski definition) is 4. The summed E-state index contributed by atoms with van der Waals surface area (Å²) in [5.74, 6) is 0.0633. The number of benzene rings is 1. The highest BCUT2D eigenvalue weighted by molar-refractivity contribution is 5.86. The van der Waals surface area contributed by atoms with E-state index in [4.69, 9.17) is 0 Å². The number of pyridine rings is 1. The zero-order valence-electron chi connectivity index (χ0n) is 17.3. The molecular formula is C24H29FN4O. The zero-order valence-corrected chi connectivity index (χ0v) is 17.3. The number of likely N-dealkylation sites (tertiary alicyclic amines) is 2. The molecular weight excluding hydrogens is 379 g/mol. The van der Waals surface area contributed by atoms with Gasteiger partial charge in [-0.25, -0.2) is 4.39 Å². The van der Waals surface area contributed by atoms with E-state index in [1.54, 1.807) is 6.20 Å². The summed E-state index contributed by atoms with van der Waals surface area (Å²) in [4.78, 5) is 22.2. The van der Waals surface area contributed by atoms with Crippen molar-refractivity contribution >= 4 is 5.91 Å². The van der Waals surface area contributed by atoms with Gasteiger partial charge in [0, 0.05) is 50.5 Å². The lowest BCUT2D eigenvalue weighted by molar-refractivity contribution is -0.134. The molecule has 158 valence electrons. The Morgan fingerprint density at radius 3 is 2.40 bits per heavy atom. The SMILES string of the molecule is O=C1NCC[C@@]12CN(Cc1cccnc1)CC21CCN(Cc2ccc(F)cc2)CC1. The lowest BCUT2D eigenvalue weighted by Gasteiger charge is -2.46. The highest BCUT2D eigenvalue weighted by Crippen LogP contribution is 2.56. The van der Waals surface area contributed by atoms with Gasteiger partial charge in [-0.3, -0.25) is 19.6 Å². The first-order chi connectivity index (χ1) is 14.6. The molecule has 0 bridgehead atoms. The van der Waals surface area contributed by atoms with Gasteiger partial charge in [-0.05, 0) is 61.7 Å². The van der Waals surface area contributed by atoms with E-state index in [1.807, 2.05) is 24.4 Å². The summed E-state index contributed by atoms with van der Waals surface area (Å²) in [6, 6.07) is 10.9. The average Bonchev–Trinajstić information content (AvgIpc) is 3.27. The Balaban J connectivity index is 1.31. The minimum Gasteiger partial charge on any atom is -0.356 e. The van der Waals surface area contributed by atoms with Gasteiger partial charge < -0.3 is 5.32 Å². The summed E-state index contributed by atoms with van der Waals surface area (Å²) in [6.07, 6.45) is 6.74. The molecule has 3 saturated heterocycles. The van der Waals surface area contributed by atoms with Crippen molar-refractivity contribution in [3.8, 4) is 0 Å². The topological polar surface area (TPSA) is 48.5 Å². The van der Waals surface area contributed by atoms with Crippen LogP contribution in [0.3, 0.4) is 0 Å². The Hall–Kier alpha value is -2.31. The molecule has 3 fully saturated rings. The van der Waals surface area contributed by atoms with Crippen LogP contribution in [0, 0.1) is 16.6 Å². The molecule has 1 amide bonds. The van der Waals surface area contributed by atoms with Gasteiger partial charge in [-0.15, -0.1) is 0 Å². The molecule has 5 nitrogen and oxygen atoms in total. The maximum absolute atomic E-state index is 13.2. The number of carbonyl (C=O) groups is 1. The van der Waals surface area contributed by atoms with Crippen molar-refractivity contribution in [2.45, 2.75) is 32.4 Å². The summed E-state index contributed by atoms with van der Waals surface area (Å²) < 4.78 is 13.2. The Morgan fingerprint density at radius 2 is 1.73 bits per heavy atom. The van der Waals surface area contributed by atoms with Crippen molar-refractivity contribution < 1.29 is 9.18 Å². The number of rotatable bonds is 4. The molecule has 0 saturated carbocycles. The third-order valence-electron chi connectivity index (χ3n) is 7.57. The van der Waals surface area contributed by atoms with Crippen LogP contribution in [0.5, 0.6) is 0 Å². The smallest absolute Gasteiger partial charge is 0.228 e. The van der Waals surface area contributed by atoms with Crippen LogP contribution in [0.1, 0.15) is 30.4 Å². The van der Waals surface area contributed by atoms with Crippen LogP contribution in [-0.2, 0) is 17.9 Å². The predicted octanol–water partition coefficient (Wildman–Crippen LogP) is 2.83. The second kappa shape index (κ2) is 7.75. The van der Waals surface area contributed by atoms with Gasteiger partial charge >= 0.3 is 0 Å². The molecule has 30 heavy (non-hydrogen) atoms. The van der Waals surface area contributed by atoms with Gasteiger partial charge in [0.15, 0.2) is 0 Å². The van der Waals surface area contributed by atoms with Gasteiger partial charge in [0.2, 0.25) is 5.91 Å². The number of hydrogen-bond donors (Lipinski definition) is 1. The van der Waals surface area contributed by atoms with Gasteiger partial charge in [0.05, 0.1) is 5.41 Å².